The van der Waals surface area contributed by atoms with E-state index in [-0.39, 0.29) is 12.8 Å². The molecule has 0 aliphatic heterocycles. The van der Waals surface area contributed by atoms with Crippen molar-refractivity contribution in [1.29, 1.82) is 5.26 Å². The van der Waals surface area contributed by atoms with Crippen LogP contribution in [-0.2, 0) is 14.4 Å². The lowest BCUT2D eigenvalue weighted by Crippen LogP contribution is -2.41. The number of hydrogen-bond acceptors (Lipinski definition) is 5. The Balaban J connectivity index is 3.59. The first-order valence-electron chi connectivity index (χ1n) is 3.70. The lowest BCUT2D eigenvalue weighted by atomic mass is 10.3. The van der Waals surface area contributed by atoms with Crippen molar-refractivity contribution in [3.63, 3.8) is 0 Å². The molecular formula is C7H8N3O4-. The Morgan fingerprint density at radius 2 is 1.71 bits per heavy atom. The summed E-state index contributed by atoms with van der Waals surface area (Å²) in [6.07, 6.45) is -1.07. The number of carboxylic acids is 1. The highest BCUT2D eigenvalue weighted by atomic mass is 16.4. The second kappa shape index (κ2) is 6.42. The Hall–Kier alpha value is -2.10. The molecule has 0 heterocycles. The molecule has 0 atom stereocenters. The molecular weight excluding hydrogens is 190 g/mol. The third-order valence-electron chi connectivity index (χ3n) is 1.14. The Morgan fingerprint density at radius 3 is 2.21 bits per heavy atom. The Kier molecular flexibility index (Phi) is 5.46. The molecule has 0 aliphatic rings. The van der Waals surface area contributed by atoms with Gasteiger partial charge in [0.1, 0.15) is 6.42 Å². The van der Waals surface area contributed by atoms with Crippen molar-refractivity contribution in [2.45, 2.75) is 19.3 Å². The average Bonchev–Trinajstić information content (AvgIpc) is 2.12. The molecule has 0 rings (SSSR count). The van der Waals surface area contributed by atoms with E-state index in [0.717, 1.165) is 0 Å². The monoisotopic (exact) mass is 198 g/mol. The van der Waals surface area contributed by atoms with E-state index in [9.17, 15) is 19.5 Å². The summed E-state index contributed by atoms with van der Waals surface area (Å²) in [6, 6.07) is 1.57. The summed E-state index contributed by atoms with van der Waals surface area (Å²) >= 11 is 0. The minimum Gasteiger partial charge on any atom is -0.550 e. The fourth-order valence-corrected chi connectivity index (χ4v) is 0.534. The molecule has 0 radical (unpaired) electrons. The number of rotatable bonds is 4. The van der Waals surface area contributed by atoms with Crippen molar-refractivity contribution in [1.82, 2.24) is 10.9 Å². The Bertz CT molecular complexity index is 281. The van der Waals surface area contributed by atoms with Gasteiger partial charge in [-0.2, -0.15) is 5.26 Å². The molecule has 0 fully saturated rings. The molecule has 0 saturated carbocycles. The van der Waals surface area contributed by atoms with Crippen LogP contribution in [0.5, 0.6) is 0 Å². The molecule has 0 bridgehead atoms. The molecule has 0 saturated heterocycles. The van der Waals surface area contributed by atoms with E-state index in [2.05, 4.69) is 0 Å². The summed E-state index contributed by atoms with van der Waals surface area (Å²) in [5.41, 5.74) is 3.87. The van der Waals surface area contributed by atoms with Crippen molar-refractivity contribution in [2.75, 3.05) is 0 Å². The van der Waals surface area contributed by atoms with Crippen LogP contribution in [0.2, 0.25) is 0 Å². The highest BCUT2D eigenvalue weighted by Crippen LogP contribution is 1.85. The van der Waals surface area contributed by atoms with Crippen LogP contribution in [0.25, 0.3) is 0 Å². The predicted molar refractivity (Wildman–Crippen MR) is 40.8 cm³/mol. The second-order valence-corrected chi connectivity index (χ2v) is 2.30. The Labute approximate surface area is 79.7 Å². The maximum absolute atomic E-state index is 10.8. The molecule has 2 amide bonds. The number of aliphatic carboxylic acids is 1. The van der Waals surface area contributed by atoms with Gasteiger partial charge in [-0.1, -0.05) is 0 Å². The zero-order chi connectivity index (χ0) is 11.0. The smallest absolute Gasteiger partial charge is 0.252 e. The highest BCUT2D eigenvalue weighted by Gasteiger charge is 2.03. The molecule has 0 aromatic carbocycles. The first-order chi connectivity index (χ1) is 6.56. The van der Waals surface area contributed by atoms with Crippen LogP contribution in [0.1, 0.15) is 19.3 Å². The van der Waals surface area contributed by atoms with Crippen LogP contribution >= 0.6 is 0 Å². The molecule has 14 heavy (non-hydrogen) atoms. The van der Waals surface area contributed by atoms with Crippen molar-refractivity contribution >= 4 is 17.8 Å². The first-order valence-corrected chi connectivity index (χ1v) is 3.70. The molecule has 0 aromatic rings. The number of nitrogens with one attached hydrogen (secondary N) is 2. The summed E-state index contributed by atoms with van der Waals surface area (Å²) in [4.78, 5) is 31.3. The summed E-state index contributed by atoms with van der Waals surface area (Å²) in [7, 11) is 0. The minimum absolute atomic E-state index is 0.283. The van der Waals surface area contributed by atoms with E-state index in [4.69, 9.17) is 5.26 Å². The fourth-order valence-electron chi connectivity index (χ4n) is 0.534. The standard InChI is InChI=1S/C7H9N3O4/c8-4-3-6(12)10-9-5(11)1-2-7(13)14/h1-3H2,(H,9,11)(H,10,12)(H,13,14)/p-1. The van der Waals surface area contributed by atoms with Gasteiger partial charge in [0.05, 0.1) is 6.07 Å². The minimum atomic E-state index is -1.34. The van der Waals surface area contributed by atoms with Gasteiger partial charge in [-0.15, -0.1) is 0 Å². The van der Waals surface area contributed by atoms with Crippen LogP contribution in [0.15, 0.2) is 0 Å². The number of nitriles is 1. The predicted octanol–water partition coefficient (Wildman–Crippen LogP) is -2.42. The quantitative estimate of drug-likeness (QED) is 0.486. The van der Waals surface area contributed by atoms with E-state index < -0.39 is 24.2 Å². The van der Waals surface area contributed by atoms with E-state index in [1.165, 1.54) is 0 Å². The Morgan fingerprint density at radius 1 is 1.14 bits per heavy atom. The lowest BCUT2D eigenvalue weighted by Gasteiger charge is -2.05. The number of carboxylic acid groups (broad SMARTS) is 1. The van der Waals surface area contributed by atoms with E-state index >= 15 is 0 Å². The largest absolute Gasteiger partial charge is 0.550 e. The van der Waals surface area contributed by atoms with Gasteiger partial charge in [0.2, 0.25) is 5.91 Å². The molecule has 7 nitrogen and oxygen atoms in total. The van der Waals surface area contributed by atoms with Crippen molar-refractivity contribution < 1.29 is 19.5 Å². The molecule has 0 spiro atoms. The van der Waals surface area contributed by atoms with Crippen molar-refractivity contribution in [2.24, 2.45) is 0 Å². The number of carbonyl (C=O) groups is 3. The maximum Gasteiger partial charge on any atom is 0.252 e. The van der Waals surface area contributed by atoms with Gasteiger partial charge in [-0.3, -0.25) is 20.4 Å². The van der Waals surface area contributed by atoms with Crippen LogP contribution in [-0.4, -0.2) is 17.8 Å². The maximum atomic E-state index is 10.8. The van der Waals surface area contributed by atoms with Crippen molar-refractivity contribution in [3.8, 4) is 6.07 Å². The average molecular weight is 198 g/mol. The van der Waals surface area contributed by atoms with Gasteiger partial charge in [0, 0.05) is 12.4 Å². The third-order valence-corrected chi connectivity index (χ3v) is 1.14. The van der Waals surface area contributed by atoms with E-state index in [1.54, 1.807) is 6.07 Å². The van der Waals surface area contributed by atoms with E-state index in [0.29, 0.717) is 0 Å². The number of nitrogens with zero attached hydrogens (tertiary/aromatic N) is 1. The topological polar surface area (TPSA) is 122 Å². The summed E-state index contributed by atoms with van der Waals surface area (Å²) in [6.45, 7) is 0. The first kappa shape index (κ1) is 11.9. The van der Waals surface area contributed by atoms with Gasteiger partial charge in [0.15, 0.2) is 0 Å². The number of carbonyl (C=O) groups excluding carboxylic acids is 3. The molecule has 7 heteroatoms. The van der Waals surface area contributed by atoms with Gasteiger partial charge in [0.25, 0.3) is 5.91 Å². The van der Waals surface area contributed by atoms with Crippen LogP contribution in [0.3, 0.4) is 0 Å². The zero-order valence-corrected chi connectivity index (χ0v) is 7.20. The zero-order valence-electron chi connectivity index (χ0n) is 7.20. The van der Waals surface area contributed by atoms with Crippen LogP contribution in [0.4, 0.5) is 0 Å². The molecule has 0 unspecified atom stereocenters. The van der Waals surface area contributed by atoms with Gasteiger partial charge in [-0.05, 0) is 6.42 Å². The summed E-state index contributed by atoms with van der Waals surface area (Å²) in [5, 5.41) is 18.0. The number of amides is 2. The lowest BCUT2D eigenvalue weighted by molar-refractivity contribution is -0.305. The summed E-state index contributed by atoms with van der Waals surface area (Å²) in [5.74, 6) is -2.65. The number of hydrazine groups is 1. The summed E-state index contributed by atoms with van der Waals surface area (Å²) < 4.78 is 0. The molecule has 76 valence electrons. The van der Waals surface area contributed by atoms with Gasteiger partial charge >= 0.3 is 0 Å². The van der Waals surface area contributed by atoms with Crippen molar-refractivity contribution in [3.05, 3.63) is 0 Å². The normalized spacial score (nSPS) is 8.50. The molecule has 0 aromatic heterocycles. The molecule has 0 aliphatic carbocycles. The van der Waals surface area contributed by atoms with Gasteiger partial charge in [-0.25, -0.2) is 0 Å². The third kappa shape index (κ3) is 6.60. The number of hydrogen-bond donors (Lipinski definition) is 2. The van der Waals surface area contributed by atoms with E-state index in [1.807, 2.05) is 10.9 Å². The fraction of sp³-hybridized carbons (Fsp3) is 0.429. The SMILES string of the molecule is N#CCC(=O)NNC(=O)CCC(=O)[O-]. The second-order valence-electron chi connectivity index (χ2n) is 2.30. The molecule has 2 N–H and O–H groups in total. The van der Waals surface area contributed by atoms with Crippen LogP contribution < -0.4 is 16.0 Å². The van der Waals surface area contributed by atoms with Gasteiger partial charge < -0.3 is 9.90 Å². The highest BCUT2D eigenvalue weighted by molar-refractivity contribution is 5.84. The van der Waals surface area contributed by atoms with Crippen LogP contribution in [0, 0.1) is 11.3 Å².